The van der Waals surface area contributed by atoms with Gasteiger partial charge in [0, 0.05) is 10.8 Å². The standard InChI is InChI=1S/C12H18.2ClH.Pt/c1-7-8(2)12(6)10(4)9(3)11(7,12)5;;;/h1-6H3;2*1H;/q;;;+2/p-2. The Bertz CT molecular complexity index is 295. The maximum absolute atomic E-state index is 4.88. The fourth-order valence-electron chi connectivity index (χ4n) is 3.44. The van der Waals surface area contributed by atoms with Crippen molar-refractivity contribution >= 4 is 18.8 Å². The van der Waals surface area contributed by atoms with Gasteiger partial charge in [-0.2, -0.15) is 0 Å². The van der Waals surface area contributed by atoms with Gasteiger partial charge >= 0.3 is 35.3 Å². The average molecular weight is 428 g/mol. The molecule has 0 aromatic rings. The molecule has 90 valence electrons. The van der Waals surface area contributed by atoms with E-state index in [1.807, 2.05) is 0 Å². The van der Waals surface area contributed by atoms with Crippen molar-refractivity contribution in [2.24, 2.45) is 10.8 Å². The molecular formula is C12H18Cl2Pt. The molecule has 0 fully saturated rings. The first-order valence-corrected chi connectivity index (χ1v) is 10.6. The summed E-state index contributed by atoms with van der Waals surface area (Å²) in [5, 5.41) is 0. The van der Waals surface area contributed by atoms with E-state index in [4.69, 9.17) is 18.8 Å². The zero-order chi connectivity index (χ0) is 12.0. The first-order chi connectivity index (χ1) is 6.79. The first kappa shape index (κ1) is 13.8. The van der Waals surface area contributed by atoms with Crippen molar-refractivity contribution in [3.63, 3.8) is 0 Å². The molecule has 15 heavy (non-hydrogen) atoms. The molecule has 0 radical (unpaired) electrons. The van der Waals surface area contributed by atoms with Gasteiger partial charge in [-0.3, -0.25) is 0 Å². The van der Waals surface area contributed by atoms with Crippen LogP contribution >= 0.6 is 18.8 Å². The second-order valence-corrected chi connectivity index (χ2v) is 8.08. The van der Waals surface area contributed by atoms with E-state index < -0.39 is 16.5 Å². The van der Waals surface area contributed by atoms with Crippen LogP contribution in [0.2, 0.25) is 0 Å². The first-order valence-electron chi connectivity index (χ1n) is 4.99. The van der Waals surface area contributed by atoms with E-state index in [2.05, 4.69) is 41.5 Å². The number of hydrogen-bond acceptors (Lipinski definition) is 0. The summed E-state index contributed by atoms with van der Waals surface area (Å²) in [5.41, 5.74) is 7.25. The van der Waals surface area contributed by atoms with Gasteiger partial charge in [0.15, 0.2) is 0 Å². The third-order valence-electron chi connectivity index (χ3n) is 5.12. The quantitative estimate of drug-likeness (QED) is 0.473. The molecule has 0 unspecified atom stereocenters. The van der Waals surface area contributed by atoms with Gasteiger partial charge in [0.1, 0.15) is 0 Å². The summed E-state index contributed by atoms with van der Waals surface area (Å²) < 4.78 is 0. The molecule has 3 heteroatoms. The molecule has 0 saturated heterocycles. The van der Waals surface area contributed by atoms with E-state index in [0.717, 1.165) is 0 Å². The van der Waals surface area contributed by atoms with E-state index in [1.54, 1.807) is 22.3 Å². The van der Waals surface area contributed by atoms with Crippen molar-refractivity contribution in [3.05, 3.63) is 22.3 Å². The van der Waals surface area contributed by atoms with Gasteiger partial charge in [0.25, 0.3) is 0 Å². The number of allylic oxidation sites excluding steroid dienone is 4. The van der Waals surface area contributed by atoms with E-state index in [9.17, 15) is 0 Å². The topological polar surface area (TPSA) is 0 Å². The van der Waals surface area contributed by atoms with Crippen molar-refractivity contribution in [3.8, 4) is 0 Å². The van der Waals surface area contributed by atoms with E-state index in [0.29, 0.717) is 10.8 Å². The van der Waals surface area contributed by atoms with Gasteiger partial charge in [-0.1, -0.05) is 36.1 Å². The van der Waals surface area contributed by atoms with Crippen LogP contribution in [0.4, 0.5) is 0 Å². The Morgan fingerprint density at radius 1 is 0.733 bits per heavy atom. The SMILES string of the molecule is CC1=C(C)C2(C)C(C)=C(C)C12C.[Cl][Pt][Cl]. The Hall–Kier alpha value is 0.748. The molecule has 0 atom stereocenters. The molecule has 0 spiro atoms. The van der Waals surface area contributed by atoms with Crippen LogP contribution in [0.3, 0.4) is 0 Å². The fraction of sp³-hybridized carbons (Fsp3) is 0.667. The Kier molecular flexibility index (Phi) is 3.87. The predicted octanol–water partition coefficient (Wildman–Crippen LogP) is 5.08. The molecule has 0 aliphatic heterocycles. The zero-order valence-corrected chi connectivity index (χ0v) is 13.9. The Morgan fingerprint density at radius 2 is 0.867 bits per heavy atom. The average Bonchev–Trinajstić information content (AvgIpc) is 2.24. The molecule has 0 N–H and O–H groups in total. The summed E-state index contributed by atoms with van der Waals surface area (Å²) >= 11 is -0.472. The third kappa shape index (κ3) is 1.38. The molecule has 0 aromatic carbocycles. The Balaban J connectivity index is 0.000000337. The second kappa shape index (κ2) is 4.20. The Morgan fingerprint density at radius 3 is 1.00 bits per heavy atom. The fourth-order valence-corrected chi connectivity index (χ4v) is 3.44. The minimum atomic E-state index is -0.472. The summed E-state index contributed by atoms with van der Waals surface area (Å²) in [6, 6.07) is 0. The van der Waals surface area contributed by atoms with Crippen LogP contribution in [-0.2, 0) is 16.5 Å². The van der Waals surface area contributed by atoms with Crippen molar-refractivity contribution in [2.75, 3.05) is 0 Å². The van der Waals surface area contributed by atoms with Crippen LogP contribution in [0.15, 0.2) is 22.3 Å². The van der Waals surface area contributed by atoms with Crippen molar-refractivity contribution in [2.45, 2.75) is 41.5 Å². The summed E-state index contributed by atoms with van der Waals surface area (Å²) in [6.45, 7) is 13.9. The van der Waals surface area contributed by atoms with Gasteiger partial charge in [0.2, 0.25) is 0 Å². The predicted molar refractivity (Wildman–Crippen MR) is 64.7 cm³/mol. The molecule has 0 bridgehead atoms. The monoisotopic (exact) mass is 427 g/mol. The Labute approximate surface area is 109 Å². The normalized spacial score (nSPS) is 37.9. The number of fused-ring (bicyclic) bond motifs is 1. The van der Waals surface area contributed by atoms with E-state index >= 15 is 0 Å². The number of hydrogen-bond donors (Lipinski definition) is 0. The molecule has 2 rings (SSSR count). The third-order valence-corrected chi connectivity index (χ3v) is 5.12. The van der Waals surface area contributed by atoms with Crippen LogP contribution in [0.5, 0.6) is 0 Å². The summed E-state index contributed by atoms with van der Waals surface area (Å²) in [6.07, 6.45) is 0. The van der Waals surface area contributed by atoms with Crippen LogP contribution in [0.25, 0.3) is 0 Å². The van der Waals surface area contributed by atoms with E-state index in [-0.39, 0.29) is 0 Å². The van der Waals surface area contributed by atoms with Gasteiger partial charge in [-0.05, 0) is 27.7 Å². The molecule has 2 aliphatic rings. The minimum absolute atomic E-state index is 0.418. The van der Waals surface area contributed by atoms with Crippen molar-refractivity contribution < 1.29 is 16.5 Å². The molecule has 0 saturated carbocycles. The summed E-state index contributed by atoms with van der Waals surface area (Å²) in [5.74, 6) is 0. The summed E-state index contributed by atoms with van der Waals surface area (Å²) in [7, 11) is 9.75. The molecule has 2 aliphatic carbocycles. The zero-order valence-electron chi connectivity index (χ0n) is 10.1. The molecule has 0 amide bonds. The van der Waals surface area contributed by atoms with Crippen molar-refractivity contribution in [1.82, 2.24) is 0 Å². The van der Waals surface area contributed by atoms with E-state index in [1.165, 1.54) is 0 Å². The second-order valence-electron chi connectivity index (χ2n) is 4.80. The molecular weight excluding hydrogens is 410 g/mol. The van der Waals surface area contributed by atoms with Gasteiger partial charge in [-0.25, -0.2) is 0 Å². The van der Waals surface area contributed by atoms with Crippen molar-refractivity contribution in [1.29, 1.82) is 0 Å². The van der Waals surface area contributed by atoms with Gasteiger partial charge in [0.05, 0.1) is 0 Å². The molecule has 0 nitrogen and oxygen atoms in total. The number of rotatable bonds is 0. The van der Waals surface area contributed by atoms with Crippen LogP contribution in [-0.4, -0.2) is 0 Å². The molecule has 0 heterocycles. The van der Waals surface area contributed by atoms with Crippen LogP contribution < -0.4 is 0 Å². The number of halogens is 2. The van der Waals surface area contributed by atoms with Crippen LogP contribution in [0.1, 0.15) is 41.5 Å². The van der Waals surface area contributed by atoms with Gasteiger partial charge < -0.3 is 0 Å². The van der Waals surface area contributed by atoms with Gasteiger partial charge in [-0.15, -0.1) is 0 Å². The van der Waals surface area contributed by atoms with Crippen LogP contribution in [0, 0.1) is 10.8 Å². The maximum atomic E-state index is 4.88. The summed E-state index contributed by atoms with van der Waals surface area (Å²) in [4.78, 5) is 0. The molecule has 0 aromatic heterocycles.